The minimum atomic E-state index is 0.446. The Morgan fingerprint density at radius 1 is 1.29 bits per heavy atom. The van der Waals surface area contributed by atoms with Crippen LogP contribution in [0.5, 0.6) is 0 Å². The van der Waals surface area contributed by atoms with Gasteiger partial charge in [0.25, 0.3) is 0 Å². The highest BCUT2D eigenvalue weighted by Crippen LogP contribution is 2.31. The van der Waals surface area contributed by atoms with Gasteiger partial charge < -0.3 is 4.90 Å². The summed E-state index contributed by atoms with van der Waals surface area (Å²) in [5.74, 6) is 0.446. The van der Waals surface area contributed by atoms with Crippen molar-refractivity contribution < 1.29 is 0 Å². The van der Waals surface area contributed by atoms with Crippen molar-refractivity contribution in [3.63, 3.8) is 0 Å². The Bertz CT molecular complexity index is 604. The first-order valence-electron chi connectivity index (χ1n) is 7.72. The van der Waals surface area contributed by atoms with Crippen LogP contribution in [-0.2, 0) is 0 Å². The Labute approximate surface area is 125 Å². The van der Waals surface area contributed by atoms with E-state index in [2.05, 4.69) is 38.9 Å². The summed E-state index contributed by atoms with van der Waals surface area (Å²) >= 11 is 0. The van der Waals surface area contributed by atoms with Gasteiger partial charge in [-0.25, -0.2) is 0 Å². The van der Waals surface area contributed by atoms with E-state index >= 15 is 0 Å². The van der Waals surface area contributed by atoms with Gasteiger partial charge in [0, 0.05) is 36.6 Å². The SMILES string of the molecule is Cc1cc(-c2nccnc2C2CCCN(C(C)C)C2)n[nH]1. The summed E-state index contributed by atoms with van der Waals surface area (Å²) in [7, 11) is 0. The maximum atomic E-state index is 4.64. The lowest BCUT2D eigenvalue weighted by Crippen LogP contribution is -2.39. The molecule has 0 amide bonds. The lowest BCUT2D eigenvalue weighted by molar-refractivity contribution is 0.166. The highest BCUT2D eigenvalue weighted by molar-refractivity contribution is 5.57. The van der Waals surface area contributed by atoms with E-state index in [4.69, 9.17) is 0 Å². The van der Waals surface area contributed by atoms with Gasteiger partial charge in [-0.05, 0) is 46.2 Å². The summed E-state index contributed by atoms with van der Waals surface area (Å²) in [5.41, 5.74) is 3.97. The standard InChI is InChI=1S/C16H23N5/c1-11(2)21-8-4-5-13(10-21)15-16(18-7-6-17-15)14-9-12(3)19-20-14/h6-7,9,11,13H,4-5,8,10H2,1-3H3,(H,19,20). The van der Waals surface area contributed by atoms with E-state index in [1.165, 1.54) is 19.4 Å². The van der Waals surface area contributed by atoms with E-state index in [9.17, 15) is 0 Å². The number of aromatic nitrogens is 4. The lowest BCUT2D eigenvalue weighted by Gasteiger charge is -2.35. The monoisotopic (exact) mass is 285 g/mol. The number of H-pyrrole nitrogens is 1. The second-order valence-corrected chi connectivity index (χ2v) is 6.15. The number of nitrogens with one attached hydrogen (secondary N) is 1. The van der Waals surface area contributed by atoms with Gasteiger partial charge in [0.2, 0.25) is 0 Å². The number of aryl methyl sites for hydroxylation is 1. The fraction of sp³-hybridized carbons (Fsp3) is 0.562. The molecule has 0 radical (unpaired) electrons. The van der Waals surface area contributed by atoms with E-state index < -0.39 is 0 Å². The maximum absolute atomic E-state index is 4.64. The van der Waals surface area contributed by atoms with E-state index in [1.54, 1.807) is 12.4 Å². The minimum Gasteiger partial charge on any atom is -0.300 e. The molecule has 0 aromatic carbocycles. The van der Waals surface area contributed by atoms with Crippen LogP contribution in [0.25, 0.3) is 11.4 Å². The lowest BCUT2D eigenvalue weighted by atomic mass is 9.92. The second kappa shape index (κ2) is 5.93. The van der Waals surface area contributed by atoms with Gasteiger partial charge in [0.1, 0.15) is 11.4 Å². The van der Waals surface area contributed by atoms with Crippen LogP contribution >= 0.6 is 0 Å². The van der Waals surface area contributed by atoms with Crippen molar-refractivity contribution in [1.29, 1.82) is 0 Å². The quantitative estimate of drug-likeness (QED) is 0.942. The zero-order chi connectivity index (χ0) is 14.8. The molecule has 3 heterocycles. The smallest absolute Gasteiger partial charge is 0.113 e. The number of hydrogen-bond donors (Lipinski definition) is 1. The van der Waals surface area contributed by atoms with Gasteiger partial charge in [0.05, 0.1) is 5.69 Å². The Hall–Kier alpha value is -1.75. The molecule has 0 aliphatic carbocycles. The van der Waals surface area contributed by atoms with Gasteiger partial charge in [-0.1, -0.05) is 0 Å². The molecule has 1 aliphatic heterocycles. The van der Waals surface area contributed by atoms with Crippen LogP contribution in [0.4, 0.5) is 0 Å². The van der Waals surface area contributed by atoms with Crippen LogP contribution < -0.4 is 0 Å². The molecule has 0 saturated carbocycles. The molecule has 112 valence electrons. The molecule has 1 unspecified atom stereocenters. The molecule has 21 heavy (non-hydrogen) atoms. The van der Waals surface area contributed by atoms with Crippen LogP contribution in [0.15, 0.2) is 18.5 Å². The Morgan fingerprint density at radius 2 is 2.10 bits per heavy atom. The van der Waals surface area contributed by atoms with E-state index in [0.29, 0.717) is 12.0 Å². The third-order valence-electron chi connectivity index (χ3n) is 4.24. The highest BCUT2D eigenvalue weighted by atomic mass is 15.2. The van der Waals surface area contributed by atoms with E-state index in [-0.39, 0.29) is 0 Å². The summed E-state index contributed by atoms with van der Waals surface area (Å²) < 4.78 is 0. The number of piperidine rings is 1. The van der Waals surface area contributed by atoms with Crippen molar-refractivity contribution in [3.05, 3.63) is 29.8 Å². The third-order valence-corrected chi connectivity index (χ3v) is 4.24. The van der Waals surface area contributed by atoms with Crippen LogP contribution in [-0.4, -0.2) is 44.2 Å². The molecule has 5 nitrogen and oxygen atoms in total. The molecular weight excluding hydrogens is 262 g/mol. The van der Waals surface area contributed by atoms with Gasteiger partial charge in [-0.3, -0.25) is 15.1 Å². The van der Waals surface area contributed by atoms with Gasteiger partial charge >= 0.3 is 0 Å². The molecule has 3 rings (SSSR count). The summed E-state index contributed by atoms with van der Waals surface area (Å²) in [6.45, 7) is 8.78. The summed E-state index contributed by atoms with van der Waals surface area (Å²) in [6.07, 6.45) is 5.95. The van der Waals surface area contributed by atoms with Crippen molar-refractivity contribution in [2.45, 2.75) is 45.6 Å². The predicted molar refractivity (Wildman–Crippen MR) is 83.0 cm³/mol. The van der Waals surface area contributed by atoms with Crippen molar-refractivity contribution in [2.24, 2.45) is 0 Å². The van der Waals surface area contributed by atoms with Crippen molar-refractivity contribution in [2.75, 3.05) is 13.1 Å². The van der Waals surface area contributed by atoms with Crippen molar-refractivity contribution >= 4 is 0 Å². The molecular formula is C16H23N5. The van der Waals surface area contributed by atoms with Crippen LogP contribution in [0.1, 0.15) is 44.0 Å². The fourth-order valence-electron chi connectivity index (χ4n) is 3.08. The molecule has 1 aliphatic rings. The molecule has 1 saturated heterocycles. The summed E-state index contributed by atoms with van der Waals surface area (Å²) in [6, 6.07) is 2.62. The highest BCUT2D eigenvalue weighted by Gasteiger charge is 2.27. The number of nitrogens with zero attached hydrogens (tertiary/aromatic N) is 4. The molecule has 0 spiro atoms. The number of rotatable bonds is 3. The van der Waals surface area contributed by atoms with Gasteiger partial charge in [0.15, 0.2) is 0 Å². The van der Waals surface area contributed by atoms with E-state index in [0.717, 1.165) is 29.3 Å². The Morgan fingerprint density at radius 3 is 2.81 bits per heavy atom. The molecule has 1 fully saturated rings. The molecule has 0 bridgehead atoms. The number of hydrogen-bond acceptors (Lipinski definition) is 4. The fourth-order valence-corrected chi connectivity index (χ4v) is 3.08. The van der Waals surface area contributed by atoms with Crippen molar-refractivity contribution in [3.8, 4) is 11.4 Å². The molecule has 2 aromatic rings. The predicted octanol–water partition coefficient (Wildman–Crippen LogP) is 2.76. The Balaban J connectivity index is 1.92. The Kier molecular flexibility index (Phi) is 4.01. The largest absolute Gasteiger partial charge is 0.300 e. The number of likely N-dealkylation sites (tertiary alicyclic amines) is 1. The van der Waals surface area contributed by atoms with E-state index in [1.807, 2.05) is 13.0 Å². The third kappa shape index (κ3) is 2.97. The van der Waals surface area contributed by atoms with Crippen LogP contribution in [0, 0.1) is 6.92 Å². The molecule has 1 N–H and O–H groups in total. The number of aromatic amines is 1. The molecule has 1 atom stereocenters. The summed E-state index contributed by atoms with van der Waals surface area (Å²) in [5, 5.41) is 7.35. The van der Waals surface area contributed by atoms with Crippen LogP contribution in [0.2, 0.25) is 0 Å². The average Bonchev–Trinajstić information content (AvgIpc) is 2.94. The van der Waals surface area contributed by atoms with Gasteiger partial charge in [-0.2, -0.15) is 5.10 Å². The normalized spacial score (nSPS) is 20.1. The second-order valence-electron chi connectivity index (χ2n) is 6.15. The molecule has 5 heteroatoms. The van der Waals surface area contributed by atoms with Gasteiger partial charge in [-0.15, -0.1) is 0 Å². The zero-order valence-corrected chi connectivity index (χ0v) is 13.0. The minimum absolute atomic E-state index is 0.446. The summed E-state index contributed by atoms with van der Waals surface area (Å²) in [4.78, 5) is 11.7. The molecule has 2 aromatic heterocycles. The average molecular weight is 285 g/mol. The first kappa shape index (κ1) is 14.2. The zero-order valence-electron chi connectivity index (χ0n) is 13.0. The first-order chi connectivity index (χ1) is 10.1. The first-order valence-corrected chi connectivity index (χ1v) is 7.72. The topological polar surface area (TPSA) is 57.7 Å². The maximum Gasteiger partial charge on any atom is 0.113 e. The van der Waals surface area contributed by atoms with Crippen LogP contribution in [0.3, 0.4) is 0 Å². The van der Waals surface area contributed by atoms with Crippen molar-refractivity contribution in [1.82, 2.24) is 25.1 Å².